The summed E-state index contributed by atoms with van der Waals surface area (Å²) in [7, 11) is 0. The number of hydrogen-bond donors (Lipinski definition) is 2. The molecule has 0 radical (unpaired) electrons. The number of amides is 1. The van der Waals surface area contributed by atoms with Gasteiger partial charge in [-0.1, -0.05) is 13.8 Å². The molecule has 8 heteroatoms. The molecule has 0 spiro atoms. The quantitative estimate of drug-likeness (QED) is 0.722. The summed E-state index contributed by atoms with van der Waals surface area (Å²) in [5, 5.41) is 3.02. The van der Waals surface area contributed by atoms with Crippen LogP contribution >= 0.6 is 36.6 Å². The van der Waals surface area contributed by atoms with Crippen molar-refractivity contribution in [2.24, 2.45) is 11.1 Å². The largest absolute Gasteiger partial charge is 0.378 e. The molecule has 2 rings (SSSR count). The molecule has 2 fully saturated rings. The van der Waals surface area contributed by atoms with Crippen LogP contribution in [-0.4, -0.2) is 66.7 Å². The molecular formula is C15H31Cl2N3O2S. The first-order valence-corrected chi connectivity index (χ1v) is 9.06. The lowest BCUT2D eigenvalue weighted by Crippen LogP contribution is -2.75. The van der Waals surface area contributed by atoms with Gasteiger partial charge < -0.3 is 15.8 Å². The van der Waals surface area contributed by atoms with Crippen LogP contribution in [0, 0.1) is 5.41 Å². The highest BCUT2D eigenvalue weighted by Gasteiger charge is 2.62. The van der Waals surface area contributed by atoms with Gasteiger partial charge in [-0.05, 0) is 6.92 Å². The number of ether oxygens (including phenoxy) is 1. The minimum absolute atomic E-state index is 0. The van der Waals surface area contributed by atoms with Crippen LogP contribution in [0.1, 0.15) is 27.2 Å². The highest BCUT2D eigenvalue weighted by Crippen LogP contribution is 2.49. The number of nitrogens with one attached hydrogen (secondary N) is 1. The van der Waals surface area contributed by atoms with E-state index >= 15 is 0 Å². The van der Waals surface area contributed by atoms with Crippen LogP contribution in [0.2, 0.25) is 0 Å². The molecule has 5 nitrogen and oxygen atoms in total. The van der Waals surface area contributed by atoms with Crippen LogP contribution in [0.4, 0.5) is 0 Å². The van der Waals surface area contributed by atoms with Gasteiger partial charge in [0.1, 0.15) is 5.54 Å². The Labute approximate surface area is 156 Å². The fraction of sp³-hybridized carbons (Fsp3) is 0.933. The average Bonchev–Trinajstić information content (AvgIpc) is 2.47. The second-order valence-corrected chi connectivity index (χ2v) is 7.78. The zero-order valence-corrected chi connectivity index (χ0v) is 16.7. The second kappa shape index (κ2) is 9.68. The molecule has 1 aliphatic carbocycles. The van der Waals surface area contributed by atoms with Gasteiger partial charge in [-0.25, -0.2) is 0 Å². The van der Waals surface area contributed by atoms with Gasteiger partial charge in [0.15, 0.2) is 0 Å². The number of hydrogen-bond acceptors (Lipinski definition) is 5. The minimum atomic E-state index is -0.801. The van der Waals surface area contributed by atoms with Crippen molar-refractivity contribution in [2.45, 2.75) is 38.8 Å². The topological polar surface area (TPSA) is 67.6 Å². The van der Waals surface area contributed by atoms with Crippen molar-refractivity contribution in [3.63, 3.8) is 0 Å². The van der Waals surface area contributed by atoms with E-state index in [4.69, 9.17) is 10.5 Å². The third kappa shape index (κ3) is 4.89. The molecule has 1 heterocycles. The predicted molar refractivity (Wildman–Crippen MR) is 102 cm³/mol. The van der Waals surface area contributed by atoms with E-state index in [2.05, 4.69) is 10.2 Å². The predicted octanol–water partition coefficient (Wildman–Crippen LogP) is 1.53. The van der Waals surface area contributed by atoms with Gasteiger partial charge in [-0.15, -0.1) is 24.8 Å². The second-order valence-electron chi connectivity index (χ2n) is 6.55. The highest BCUT2D eigenvalue weighted by atomic mass is 35.5. The summed E-state index contributed by atoms with van der Waals surface area (Å²) in [6.45, 7) is 10.5. The Morgan fingerprint density at radius 1 is 1.35 bits per heavy atom. The zero-order valence-electron chi connectivity index (χ0n) is 14.3. The van der Waals surface area contributed by atoms with Gasteiger partial charge >= 0.3 is 0 Å². The molecule has 2 unspecified atom stereocenters. The van der Waals surface area contributed by atoms with Crippen molar-refractivity contribution in [2.75, 3.05) is 44.3 Å². The van der Waals surface area contributed by atoms with Crippen molar-refractivity contribution in [3.05, 3.63) is 0 Å². The smallest absolute Gasteiger partial charge is 0.240 e. The van der Waals surface area contributed by atoms with E-state index < -0.39 is 5.54 Å². The minimum Gasteiger partial charge on any atom is -0.378 e. The van der Waals surface area contributed by atoms with Crippen LogP contribution in [0.25, 0.3) is 0 Å². The monoisotopic (exact) mass is 387 g/mol. The Bertz CT molecular complexity index is 382. The molecule has 0 bridgehead atoms. The number of nitrogens with two attached hydrogens (primary N) is 1. The van der Waals surface area contributed by atoms with E-state index in [0.717, 1.165) is 19.6 Å². The van der Waals surface area contributed by atoms with Crippen molar-refractivity contribution in [3.8, 4) is 0 Å². The van der Waals surface area contributed by atoms with Gasteiger partial charge in [0.25, 0.3) is 0 Å². The maximum absolute atomic E-state index is 12.4. The van der Waals surface area contributed by atoms with Crippen molar-refractivity contribution in [1.29, 1.82) is 0 Å². The molecule has 0 aromatic rings. The summed E-state index contributed by atoms with van der Waals surface area (Å²) in [6.07, 6.45) is 0.692. The van der Waals surface area contributed by atoms with Gasteiger partial charge in [0, 0.05) is 56.1 Å². The molecule has 138 valence electrons. The lowest BCUT2D eigenvalue weighted by atomic mass is 9.54. The third-order valence-electron chi connectivity index (χ3n) is 5.05. The Balaban J connectivity index is 0.00000242. The van der Waals surface area contributed by atoms with E-state index in [1.54, 1.807) is 0 Å². The highest BCUT2D eigenvalue weighted by molar-refractivity contribution is 7.99. The normalized spacial score (nSPS) is 29.7. The third-order valence-corrected chi connectivity index (χ3v) is 5.99. The molecule has 0 aromatic heterocycles. The number of rotatable bonds is 6. The molecule has 3 N–H and O–H groups in total. The van der Waals surface area contributed by atoms with Gasteiger partial charge in [-0.3, -0.25) is 9.69 Å². The fourth-order valence-electron chi connectivity index (χ4n) is 3.13. The summed E-state index contributed by atoms with van der Waals surface area (Å²) in [5.41, 5.74) is 5.24. The van der Waals surface area contributed by atoms with E-state index in [9.17, 15) is 4.79 Å². The first-order chi connectivity index (χ1) is 9.91. The van der Waals surface area contributed by atoms with Crippen LogP contribution in [-0.2, 0) is 9.53 Å². The molecule has 1 saturated carbocycles. The lowest BCUT2D eigenvalue weighted by Gasteiger charge is -2.57. The van der Waals surface area contributed by atoms with E-state index in [1.807, 2.05) is 32.5 Å². The summed E-state index contributed by atoms with van der Waals surface area (Å²) in [4.78, 5) is 14.8. The van der Waals surface area contributed by atoms with E-state index in [0.29, 0.717) is 19.6 Å². The van der Waals surface area contributed by atoms with Crippen LogP contribution < -0.4 is 11.1 Å². The summed E-state index contributed by atoms with van der Waals surface area (Å²) >= 11 is 2.00. The molecule has 1 saturated heterocycles. The lowest BCUT2D eigenvalue weighted by molar-refractivity contribution is -0.170. The van der Waals surface area contributed by atoms with Crippen LogP contribution in [0.3, 0.4) is 0 Å². The molecule has 2 atom stereocenters. The number of nitrogens with zero attached hydrogens (tertiary/aromatic N) is 1. The Kier molecular flexibility index (Phi) is 9.80. The Hall–Kier alpha value is 0.280. The summed E-state index contributed by atoms with van der Waals surface area (Å²) in [5.74, 6) is 2.35. The fourth-order valence-corrected chi connectivity index (χ4v) is 4.11. The zero-order chi connectivity index (χ0) is 15.5. The molecule has 1 amide bonds. The number of carbonyl (C=O) groups excluding carboxylic acids is 1. The van der Waals surface area contributed by atoms with Crippen molar-refractivity contribution in [1.82, 2.24) is 10.2 Å². The van der Waals surface area contributed by atoms with Gasteiger partial charge in [-0.2, -0.15) is 11.8 Å². The van der Waals surface area contributed by atoms with E-state index in [-0.39, 0.29) is 42.2 Å². The van der Waals surface area contributed by atoms with Crippen molar-refractivity contribution >= 4 is 42.5 Å². The molecule has 1 aliphatic heterocycles. The molecular weight excluding hydrogens is 357 g/mol. The number of halogens is 2. The summed E-state index contributed by atoms with van der Waals surface area (Å²) in [6, 6.07) is 0. The number of thioether (sulfide) groups is 1. The Morgan fingerprint density at radius 3 is 2.48 bits per heavy atom. The van der Waals surface area contributed by atoms with Crippen LogP contribution in [0.15, 0.2) is 0 Å². The maximum Gasteiger partial charge on any atom is 0.240 e. The molecule has 0 aromatic carbocycles. The standard InChI is InChI=1S/C15H29N3O2S.2ClH/c1-4-20-12-11-15(16,14(12,2)3)13(19)17-5-6-18-7-9-21-10-8-18;;/h12H,4-11,16H2,1-3H3,(H,17,19);2*1H. The molecule has 23 heavy (non-hydrogen) atoms. The van der Waals surface area contributed by atoms with Gasteiger partial charge in [0.2, 0.25) is 5.91 Å². The van der Waals surface area contributed by atoms with Crippen molar-refractivity contribution < 1.29 is 9.53 Å². The van der Waals surface area contributed by atoms with Crippen LogP contribution in [0.5, 0.6) is 0 Å². The summed E-state index contributed by atoms with van der Waals surface area (Å²) < 4.78 is 5.67. The first-order valence-electron chi connectivity index (χ1n) is 7.90. The average molecular weight is 388 g/mol. The maximum atomic E-state index is 12.4. The number of carbonyl (C=O) groups is 1. The Morgan fingerprint density at radius 2 is 1.96 bits per heavy atom. The van der Waals surface area contributed by atoms with Gasteiger partial charge in [0.05, 0.1) is 6.10 Å². The first kappa shape index (κ1) is 23.3. The SMILES string of the molecule is CCOC1CC(N)(C(=O)NCCN2CCSCC2)C1(C)C.Cl.Cl. The van der Waals surface area contributed by atoms with E-state index in [1.165, 1.54) is 11.5 Å². The molecule has 2 aliphatic rings.